The van der Waals surface area contributed by atoms with Crippen LogP contribution in [0.5, 0.6) is 0 Å². The molecule has 0 fully saturated rings. The van der Waals surface area contributed by atoms with Crippen LogP contribution in [0.3, 0.4) is 0 Å². The second-order valence-electron chi connectivity index (χ2n) is 7.81. The first-order valence-electron chi connectivity index (χ1n) is 10.4. The lowest BCUT2D eigenvalue weighted by Crippen LogP contribution is -2.30. The number of halogens is 1. The highest BCUT2D eigenvalue weighted by molar-refractivity contribution is 7.90. The van der Waals surface area contributed by atoms with Crippen LogP contribution >= 0.6 is 11.6 Å². The fourth-order valence-corrected chi connectivity index (χ4v) is 5.26. The smallest absolute Gasteiger partial charge is 0.266 e. The molecule has 7 nitrogen and oxygen atoms in total. The first-order chi connectivity index (χ1) is 16.3. The van der Waals surface area contributed by atoms with Gasteiger partial charge in [0.15, 0.2) is 0 Å². The van der Waals surface area contributed by atoms with Crippen molar-refractivity contribution in [1.82, 2.24) is 19.3 Å². The summed E-state index contributed by atoms with van der Waals surface area (Å²) in [6, 6.07) is 20.7. The number of imidazole rings is 1. The van der Waals surface area contributed by atoms with E-state index in [0.29, 0.717) is 33.5 Å². The predicted molar refractivity (Wildman–Crippen MR) is 131 cm³/mol. The van der Waals surface area contributed by atoms with E-state index in [0.717, 1.165) is 11.4 Å². The molecule has 0 spiro atoms. The number of hydrogen-bond donors (Lipinski definition) is 1. The summed E-state index contributed by atoms with van der Waals surface area (Å²) in [6.45, 7) is 2.33. The lowest BCUT2D eigenvalue weighted by molar-refractivity contribution is 0.0981. The Hall–Kier alpha value is -3.75. The molecule has 1 amide bonds. The van der Waals surface area contributed by atoms with Crippen LogP contribution in [0.15, 0.2) is 83.9 Å². The van der Waals surface area contributed by atoms with Crippen molar-refractivity contribution in [2.45, 2.75) is 18.4 Å². The molecule has 0 saturated heterocycles. The minimum absolute atomic E-state index is 0.0559. The molecule has 1 N–H and O–H groups in total. The van der Waals surface area contributed by atoms with Gasteiger partial charge in [0.1, 0.15) is 10.7 Å². The lowest BCUT2D eigenvalue weighted by Gasteiger charge is -2.11. The van der Waals surface area contributed by atoms with Crippen molar-refractivity contribution < 1.29 is 13.2 Å². The zero-order chi connectivity index (χ0) is 23.9. The van der Waals surface area contributed by atoms with Gasteiger partial charge in [-0.2, -0.15) is 0 Å². The minimum Gasteiger partial charge on any atom is -0.324 e. The maximum atomic E-state index is 13.0. The number of hydrogen-bond acceptors (Lipinski definition) is 5. The van der Waals surface area contributed by atoms with Crippen LogP contribution in [-0.2, 0) is 16.6 Å². The average molecular weight is 491 g/mol. The van der Waals surface area contributed by atoms with E-state index in [9.17, 15) is 13.2 Å². The Morgan fingerprint density at radius 2 is 1.82 bits per heavy atom. The van der Waals surface area contributed by atoms with Crippen molar-refractivity contribution >= 4 is 49.5 Å². The maximum Gasteiger partial charge on any atom is 0.266 e. The molecule has 170 valence electrons. The van der Waals surface area contributed by atoms with Crippen LogP contribution in [-0.4, -0.2) is 28.9 Å². The highest BCUT2D eigenvalue weighted by atomic mass is 35.5. The summed E-state index contributed by atoms with van der Waals surface area (Å²) in [5.74, 6) is 0.0138. The second kappa shape index (κ2) is 8.55. The molecule has 2 heterocycles. The molecule has 0 radical (unpaired) electrons. The number of carbonyl (C=O) groups is 1. The van der Waals surface area contributed by atoms with Gasteiger partial charge in [0.05, 0.1) is 23.1 Å². The van der Waals surface area contributed by atoms with Crippen LogP contribution in [0.2, 0.25) is 5.02 Å². The van der Waals surface area contributed by atoms with Gasteiger partial charge >= 0.3 is 0 Å². The Kier molecular flexibility index (Phi) is 5.55. The van der Waals surface area contributed by atoms with Gasteiger partial charge in [0, 0.05) is 22.2 Å². The number of rotatable bonds is 5. The van der Waals surface area contributed by atoms with Crippen molar-refractivity contribution in [2.75, 3.05) is 0 Å². The molecular weight excluding hydrogens is 472 g/mol. The summed E-state index contributed by atoms with van der Waals surface area (Å²) in [6.07, 6.45) is 1.51. The highest BCUT2D eigenvalue weighted by Gasteiger charge is 2.22. The number of aromatic nitrogens is 3. The average Bonchev–Trinajstić information content (AvgIpc) is 3.14. The van der Waals surface area contributed by atoms with Crippen molar-refractivity contribution in [1.29, 1.82) is 0 Å². The Bertz CT molecular complexity index is 1670. The first kappa shape index (κ1) is 22.1. The van der Waals surface area contributed by atoms with E-state index in [1.165, 1.54) is 12.3 Å². The standard InChI is InChI=1S/C25H19ClN4O3S/c1-16-28-21-12-11-18(14-22(21)30(16)15-19-6-2-3-9-20(19)26)25(31)29-34(32,33)23-10-4-7-17-8-5-13-27-24(17)23/h2-14H,15H2,1H3,(H,29,31). The molecule has 0 unspecified atom stereocenters. The van der Waals surface area contributed by atoms with Gasteiger partial charge in [-0.1, -0.05) is 48.0 Å². The Morgan fingerprint density at radius 3 is 2.65 bits per heavy atom. The van der Waals surface area contributed by atoms with E-state index in [2.05, 4.69) is 14.7 Å². The zero-order valence-electron chi connectivity index (χ0n) is 18.1. The molecular formula is C25H19ClN4O3S. The van der Waals surface area contributed by atoms with Gasteiger partial charge < -0.3 is 4.57 Å². The number of nitrogens with one attached hydrogen (secondary N) is 1. The molecule has 3 aromatic carbocycles. The molecule has 0 saturated carbocycles. The summed E-state index contributed by atoms with van der Waals surface area (Å²) in [5.41, 5.74) is 2.81. The number of para-hydroxylation sites is 1. The van der Waals surface area contributed by atoms with E-state index in [1.54, 1.807) is 42.5 Å². The third kappa shape index (κ3) is 4.02. The first-order valence-corrected chi connectivity index (χ1v) is 12.3. The van der Waals surface area contributed by atoms with Gasteiger partial charge in [-0.3, -0.25) is 9.78 Å². The van der Waals surface area contributed by atoms with Crippen LogP contribution in [0, 0.1) is 6.92 Å². The third-order valence-corrected chi connectivity index (χ3v) is 7.33. The van der Waals surface area contributed by atoms with Gasteiger partial charge in [0.25, 0.3) is 15.9 Å². The number of sulfonamides is 1. The van der Waals surface area contributed by atoms with E-state index in [4.69, 9.17) is 11.6 Å². The lowest BCUT2D eigenvalue weighted by atomic mass is 10.2. The molecule has 0 aliphatic rings. The summed E-state index contributed by atoms with van der Waals surface area (Å²) in [7, 11) is -4.15. The van der Waals surface area contributed by atoms with Crippen LogP contribution < -0.4 is 4.72 Å². The SMILES string of the molecule is Cc1nc2ccc(C(=O)NS(=O)(=O)c3cccc4cccnc34)cc2n1Cc1ccccc1Cl. The van der Waals surface area contributed by atoms with Gasteiger partial charge in [-0.25, -0.2) is 18.1 Å². The fourth-order valence-electron chi connectivity index (χ4n) is 3.91. The number of fused-ring (bicyclic) bond motifs is 2. The monoisotopic (exact) mass is 490 g/mol. The topological polar surface area (TPSA) is 93.9 Å². The number of aryl methyl sites for hydroxylation is 1. The number of benzene rings is 3. The molecule has 0 aliphatic heterocycles. The molecule has 0 aliphatic carbocycles. The summed E-state index contributed by atoms with van der Waals surface area (Å²) in [5, 5.41) is 1.30. The normalized spacial score (nSPS) is 11.7. The highest BCUT2D eigenvalue weighted by Crippen LogP contribution is 2.24. The maximum absolute atomic E-state index is 13.0. The van der Waals surface area contributed by atoms with Crippen molar-refractivity contribution in [2.24, 2.45) is 0 Å². The quantitative estimate of drug-likeness (QED) is 0.385. The Labute approximate surface area is 201 Å². The Morgan fingerprint density at radius 1 is 1.03 bits per heavy atom. The number of pyridine rings is 1. The van der Waals surface area contributed by atoms with Gasteiger partial charge in [-0.05, 0) is 48.9 Å². The predicted octanol–water partition coefficient (Wildman–Crippen LogP) is 4.71. The number of nitrogens with zero attached hydrogens (tertiary/aromatic N) is 3. The van der Waals surface area contributed by atoms with E-state index < -0.39 is 15.9 Å². The number of amides is 1. The molecule has 2 aromatic heterocycles. The number of carbonyl (C=O) groups excluding carboxylic acids is 1. The van der Waals surface area contributed by atoms with E-state index in [1.807, 2.05) is 35.8 Å². The largest absolute Gasteiger partial charge is 0.324 e. The van der Waals surface area contributed by atoms with E-state index >= 15 is 0 Å². The minimum atomic E-state index is -4.15. The summed E-state index contributed by atoms with van der Waals surface area (Å²) < 4.78 is 30.2. The van der Waals surface area contributed by atoms with E-state index in [-0.39, 0.29) is 10.5 Å². The van der Waals surface area contributed by atoms with Crippen molar-refractivity contribution in [3.63, 3.8) is 0 Å². The van der Waals surface area contributed by atoms with Crippen molar-refractivity contribution in [3.05, 3.63) is 101 Å². The zero-order valence-corrected chi connectivity index (χ0v) is 19.6. The van der Waals surface area contributed by atoms with Crippen LogP contribution in [0.4, 0.5) is 0 Å². The molecule has 0 bridgehead atoms. The molecule has 0 atom stereocenters. The van der Waals surface area contributed by atoms with Gasteiger partial charge in [0.2, 0.25) is 0 Å². The summed E-state index contributed by atoms with van der Waals surface area (Å²) >= 11 is 6.33. The molecule has 34 heavy (non-hydrogen) atoms. The summed E-state index contributed by atoms with van der Waals surface area (Å²) in [4.78, 5) is 21.7. The molecule has 5 rings (SSSR count). The molecule has 5 aromatic rings. The van der Waals surface area contributed by atoms with Crippen LogP contribution in [0.1, 0.15) is 21.7 Å². The second-order valence-corrected chi connectivity index (χ2v) is 9.86. The third-order valence-electron chi connectivity index (χ3n) is 5.60. The molecule has 9 heteroatoms. The van der Waals surface area contributed by atoms with Crippen LogP contribution in [0.25, 0.3) is 21.9 Å². The fraction of sp³-hybridized carbons (Fsp3) is 0.0800. The van der Waals surface area contributed by atoms with Crippen molar-refractivity contribution in [3.8, 4) is 0 Å². The Balaban J connectivity index is 1.49. The van der Waals surface area contributed by atoms with Gasteiger partial charge in [-0.15, -0.1) is 0 Å².